The molecule has 1 saturated carbocycles. The van der Waals surface area contributed by atoms with E-state index >= 15 is 0 Å². The standard InChI is InChI=1S/C17H19F3N4/c1-10-21-14(23-11-5-3-2-4-6-11)9-15(22-10)24-13-8-7-12(18)16(19)17(13)20/h7-9,11H,2-6H2,1H3,(H2,21,22,23,24). The molecule has 7 heteroatoms. The fourth-order valence-electron chi connectivity index (χ4n) is 2.92. The fraction of sp³-hybridized carbons (Fsp3) is 0.412. The van der Waals surface area contributed by atoms with Gasteiger partial charge in [-0.25, -0.2) is 23.1 Å². The Bertz CT molecular complexity index is 730. The lowest BCUT2D eigenvalue weighted by Gasteiger charge is -2.23. The maximum Gasteiger partial charge on any atom is 0.196 e. The zero-order valence-corrected chi connectivity index (χ0v) is 13.4. The highest BCUT2D eigenvalue weighted by Crippen LogP contribution is 2.25. The number of nitrogens with zero attached hydrogens (tertiary/aromatic N) is 2. The predicted octanol–water partition coefficient (Wildman–Crippen LogP) is 4.69. The third-order valence-electron chi connectivity index (χ3n) is 4.09. The average Bonchev–Trinajstić information content (AvgIpc) is 2.56. The van der Waals surface area contributed by atoms with Crippen LogP contribution in [0.2, 0.25) is 0 Å². The molecule has 0 unspecified atom stereocenters. The van der Waals surface area contributed by atoms with E-state index in [4.69, 9.17) is 0 Å². The maximum atomic E-state index is 13.8. The van der Waals surface area contributed by atoms with Gasteiger partial charge < -0.3 is 10.6 Å². The Morgan fingerprint density at radius 2 is 1.67 bits per heavy atom. The topological polar surface area (TPSA) is 49.8 Å². The second-order valence-electron chi connectivity index (χ2n) is 6.01. The van der Waals surface area contributed by atoms with Crippen molar-refractivity contribution in [2.75, 3.05) is 10.6 Å². The lowest BCUT2D eigenvalue weighted by molar-refractivity contribution is 0.449. The number of rotatable bonds is 4. The van der Waals surface area contributed by atoms with Gasteiger partial charge in [0.1, 0.15) is 17.5 Å². The van der Waals surface area contributed by atoms with Crippen LogP contribution in [0.15, 0.2) is 18.2 Å². The van der Waals surface area contributed by atoms with E-state index in [2.05, 4.69) is 20.6 Å². The molecule has 1 fully saturated rings. The van der Waals surface area contributed by atoms with Crippen LogP contribution in [0.3, 0.4) is 0 Å². The minimum Gasteiger partial charge on any atom is -0.367 e. The molecule has 0 amide bonds. The van der Waals surface area contributed by atoms with Crippen molar-refractivity contribution in [3.05, 3.63) is 41.5 Å². The van der Waals surface area contributed by atoms with Gasteiger partial charge in [0.2, 0.25) is 0 Å². The molecule has 0 saturated heterocycles. The molecule has 0 bridgehead atoms. The van der Waals surface area contributed by atoms with Crippen LogP contribution < -0.4 is 10.6 Å². The van der Waals surface area contributed by atoms with Crippen LogP contribution in [0.25, 0.3) is 0 Å². The van der Waals surface area contributed by atoms with Crippen LogP contribution in [0.1, 0.15) is 37.9 Å². The number of benzene rings is 1. The second-order valence-corrected chi connectivity index (χ2v) is 6.01. The van der Waals surface area contributed by atoms with Gasteiger partial charge in [0.15, 0.2) is 17.5 Å². The highest BCUT2D eigenvalue weighted by Gasteiger charge is 2.16. The van der Waals surface area contributed by atoms with E-state index in [-0.39, 0.29) is 5.69 Å². The van der Waals surface area contributed by atoms with Crippen molar-refractivity contribution in [3.63, 3.8) is 0 Å². The van der Waals surface area contributed by atoms with Gasteiger partial charge in [0.05, 0.1) is 5.69 Å². The van der Waals surface area contributed by atoms with E-state index in [9.17, 15) is 13.2 Å². The first-order chi connectivity index (χ1) is 11.5. The number of nitrogens with one attached hydrogen (secondary N) is 2. The Balaban J connectivity index is 1.79. The summed E-state index contributed by atoms with van der Waals surface area (Å²) < 4.78 is 40.1. The summed E-state index contributed by atoms with van der Waals surface area (Å²) in [4.78, 5) is 8.50. The number of halogens is 3. The molecule has 1 aliphatic rings. The first-order valence-electron chi connectivity index (χ1n) is 8.05. The van der Waals surface area contributed by atoms with Crippen molar-refractivity contribution in [3.8, 4) is 0 Å². The Hall–Kier alpha value is -2.31. The summed E-state index contributed by atoms with van der Waals surface area (Å²) in [6, 6.07) is 4.01. The van der Waals surface area contributed by atoms with Gasteiger partial charge in [-0.3, -0.25) is 0 Å². The van der Waals surface area contributed by atoms with E-state index < -0.39 is 17.5 Å². The minimum absolute atomic E-state index is 0.171. The highest BCUT2D eigenvalue weighted by atomic mass is 19.2. The smallest absolute Gasteiger partial charge is 0.196 e. The zero-order chi connectivity index (χ0) is 17.1. The lowest BCUT2D eigenvalue weighted by Crippen LogP contribution is -2.23. The SMILES string of the molecule is Cc1nc(Nc2ccc(F)c(F)c2F)cc(NC2CCCCC2)n1. The minimum atomic E-state index is -1.51. The highest BCUT2D eigenvalue weighted by molar-refractivity contribution is 5.60. The lowest BCUT2D eigenvalue weighted by atomic mass is 9.95. The molecule has 4 nitrogen and oxygen atoms in total. The molecule has 1 aromatic carbocycles. The number of aryl methyl sites for hydroxylation is 1. The van der Waals surface area contributed by atoms with Gasteiger partial charge in [-0.2, -0.15) is 0 Å². The summed E-state index contributed by atoms with van der Waals surface area (Å²) in [7, 11) is 0. The molecule has 0 spiro atoms. The summed E-state index contributed by atoms with van der Waals surface area (Å²) in [6.07, 6.45) is 5.80. The van der Waals surface area contributed by atoms with Crippen LogP contribution in [0, 0.1) is 24.4 Å². The average molecular weight is 336 g/mol. The van der Waals surface area contributed by atoms with Gasteiger partial charge in [-0.15, -0.1) is 0 Å². The summed E-state index contributed by atoms with van der Waals surface area (Å²) in [5.41, 5.74) is -0.171. The molecule has 0 atom stereocenters. The van der Waals surface area contributed by atoms with Gasteiger partial charge in [0.25, 0.3) is 0 Å². The largest absolute Gasteiger partial charge is 0.367 e. The second kappa shape index (κ2) is 7.07. The number of hydrogen-bond acceptors (Lipinski definition) is 4. The number of aromatic nitrogens is 2. The van der Waals surface area contributed by atoms with Crippen molar-refractivity contribution in [2.45, 2.75) is 45.1 Å². The molecule has 24 heavy (non-hydrogen) atoms. The van der Waals surface area contributed by atoms with Crippen molar-refractivity contribution in [2.24, 2.45) is 0 Å². The molecule has 1 aromatic heterocycles. The molecule has 3 rings (SSSR count). The van der Waals surface area contributed by atoms with E-state index in [1.54, 1.807) is 13.0 Å². The molecule has 1 heterocycles. The first kappa shape index (κ1) is 16.5. The Morgan fingerprint density at radius 1 is 0.958 bits per heavy atom. The Morgan fingerprint density at radius 3 is 2.42 bits per heavy atom. The third-order valence-corrected chi connectivity index (χ3v) is 4.09. The summed E-state index contributed by atoms with van der Waals surface area (Å²) >= 11 is 0. The Kier molecular flexibility index (Phi) is 4.87. The van der Waals surface area contributed by atoms with Crippen molar-refractivity contribution < 1.29 is 13.2 Å². The quantitative estimate of drug-likeness (QED) is 0.795. The fourth-order valence-corrected chi connectivity index (χ4v) is 2.92. The van der Waals surface area contributed by atoms with Crippen LogP contribution in [-0.2, 0) is 0 Å². The summed E-state index contributed by atoms with van der Waals surface area (Å²) in [6.45, 7) is 1.72. The number of anilines is 3. The van der Waals surface area contributed by atoms with E-state index in [1.165, 1.54) is 19.3 Å². The molecule has 1 aliphatic carbocycles. The van der Waals surface area contributed by atoms with Gasteiger partial charge in [-0.05, 0) is 31.9 Å². The van der Waals surface area contributed by atoms with Gasteiger partial charge >= 0.3 is 0 Å². The predicted molar refractivity (Wildman–Crippen MR) is 86.9 cm³/mol. The third kappa shape index (κ3) is 3.77. The van der Waals surface area contributed by atoms with E-state index in [1.807, 2.05) is 0 Å². The van der Waals surface area contributed by atoms with Gasteiger partial charge in [-0.1, -0.05) is 19.3 Å². The summed E-state index contributed by atoms with van der Waals surface area (Å²) in [5, 5.41) is 6.05. The van der Waals surface area contributed by atoms with Crippen LogP contribution in [-0.4, -0.2) is 16.0 Å². The van der Waals surface area contributed by atoms with Gasteiger partial charge in [0, 0.05) is 12.1 Å². The molecular formula is C17H19F3N4. The van der Waals surface area contributed by atoms with Crippen molar-refractivity contribution in [1.82, 2.24) is 9.97 Å². The van der Waals surface area contributed by atoms with Crippen molar-refractivity contribution >= 4 is 17.3 Å². The molecule has 2 aromatic rings. The zero-order valence-electron chi connectivity index (χ0n) is 13.4. The molecule has 0 radical (unpaired) electrons. The monoisotopic (exact) mass is 336 g/mol. The first-order valence-corrected chi connectivity index (χ1v) is 8.05. The van der Waals surface area contributed by atoms with E-state index in [0.717, 1.165) is 25.0 Å². The molecule has 128 valence electrons. The molecule has 2 N–H and O–H groups in total. The number of hydrogen-bond donors (Lipinski definition) is 2. The maximum absolute atomic E-state index is 13.8. The molecule has 0 aliphatic heterocycles. The summed E-state index contributed by atoms with van der Waals surface area (Å²) in [5.74, 6) is -2.54. The van der Waals surface area contributed by atoms with Crippen LogP contribution in [0.5, 0.6) is 0 Å². The Labute approximate surface area is 138 Å². The van der Waals surface area contributed by atoms with E-state index in [0.29, 0.717) is 23.5 Å². The normalized spacial score (nSPS) is 15.3. The van der Waals surface area contributed by atoms with Crippen LogP contribution >= 0.6 is 0 Å². The molecular weight excluding hydrogens is 317 g/mol. The van der Waals surface area contributed by atoms with Crippen molar-refractivity contribution in [1.29, 1.82) is 0 Å². The van der Waals surface area contributed by atoms with Crippen LogP contribution in [0.4, 0.5) is 30.5 Å².